The van der Waals surface area contributed by atoms with Gasteiger partial charge in [0.05, 0.1) is 12.0 Å². The summed E-state index contributed by atoms with van der Waals surface area (Å²) in [7, 11) is 1.29. The number of thiocarbonyl (C=S) groups is 1. The van der Waals surface area contributed by atoms with Gasteiger partial charge in [-0.1, -0.05) is 66.4 Å². The molecule has 2 aromatic rings. The Morgan fingerprint density at radius 1 is 1.18 bits per heavy atom. The third-order valence-corrected chi connectivity index (χ3v) is 5.51. The van der Waals surface area contributed by atoms with Crippen LogP contribution in [-0.2, 0) is 20.9 Å². The molecule has 0 saturated carbocycles. The number of benzene rings is 2. The minimum absolute atomic E-state index is 0.294. The van der Waals surface area contributed by atoms with E-state index in [0.29, 0.717) is 15.8 Å². The van der Waals surface area contributed by atoms with Crippen molar-refractivity contribution >= 4 is 46.3 Å². The van der Waals surface area contributed by atoms with Gasteiger partial charge in [-0.15, -0.1) is 0 Å². The Bertz CT molecular complexity index is 910. The molecular formula is C21H19NO4S2. The molecule has 1 aliphatic heterocycles. The molecule has 0 spiro atoms. The zero-order chi connectivity index (χ0) is 20.1. The van der Waals surface area contributed by atoms with Crippen molar-refractivity contribution in [3.05, 3.63) is 70.6 Å². The second kappa shape index (κ2) is 9.03. The monoisotopic (exact) mass is 413 g/mol. The molecule has 0 bridgehead atoms. The first kappa shape index (κ1) is 20.1. The smallest absolute Gasteiger partial charge is 0.328 e. The summed E-state index contributed by atoms with van der Waals surface area (Å²) in [4.78, 5) is 26.1. The number of amides is 1. The van der Waals surface area contributed by atoms with E-state index in [1.807, 2.05) is 54.6 Å². The average molecular weight is 414 g/mol. The van der Waals surface area contributed by atoms with Crippen LogP contribution in [0, 0.1) is 0 Å². The van der Waals surface area contributed by atoms with Gasteiger partial charge in [0.15, 0.2) is 0 Å². The molecule has 7 heteroatoms. The summed E-state index contributed by atoms with van der Waals surface area (Å²) in [5, 5.41) is 0. The fraction of sp³-hybridized carbons (Fsp3) is 0.190. The number of esters is 1. The molecule has 0 unspecified atom stereocenters. The van der Waals surface area contributed by atoms with Gasteiger partial charge in [-0.2, -0.15) is 0 Å². The van der Waals surface area contributed by atoms with Crippen LogP contribution in [0.2, 0.25) is 0 Å². The number of thioether (sulfide) groups is 1. The molecule has 1 saturated heterocycles. The summed E-state index contributed by atoms with van der Waals surface area (Å²) in [6.07, 6.45) is 1.75. The van der Waals surface area contributed by atoms with Crippen LogP contribution in [0.1, 0.15) is 18.1 Å². The van der Waals surface area contributed by atoms with E-state index in [2.05, 4.69) is 0 Å². The quantitative estimate of drug-likeness (QED) is 0.405. The molecule has 3 rings (SSSR count). The van der Waals surface area contributed by atoms with Crippen LogP contribution in [0.25, 0.3) is 6.08 Å². The van der Waals surface area contributed by atoms with Gasteiger partial charge in [0.1, 0.15) is 22.7 Å². The summed E-state index contributed by atoms with van der Waals surface area (Å²) >= 11 is 6.43. The Kier molecular flexibility index (Phi) is 6.49. The largest absolute Gasteiger partial charge is 0.489 e. The van der Waals surface area contributed by atoms with E-state index < -0.39 is 12.0 Å². The predicted molar refractivity (Wildman–Crippen MR) is 114 cm³/mol. The zero-order valence-corrected chi connectivity index (χ0v) is 17.1. The van der Waals surface area contributed by atoms with Crippen molar-refractivity contribution in [1.29, 1.82) is 0 Å². The number of hydrogen-bond acceptors (Lipinski definition) is 6. The van der Waals surface area contributed by atoms with Crippen molar-refractivity contribution in [3.63, 3.8) is 0 Å². The van der Waals surface area contributed by atoms with Crippen LogP contribution < -0.4 is 4.74 Å². The van der Waals surface area contributed by atoms with E-state index in [1.54, 1.807) is 13.0 Å². The zero-order valence-electron chi connectivity index (χ0n) is 15.5. The van der Waals surface area contributed by atoms with Crippen molar-refractivity contribution in [2.75, 3.05) is 7.11 Å². The average Bonchev–Trinajstić information content (AvgIpc) is 3.00. The highest BCUT2D eigenvalue weighted by molar-refractivity contribution is 8.26. The van der Waals surface area contributed by atoms with Gasteiger partial charge in [0.25, 0.3) is 5.91 Å². The number of hydrogen-bond donors (Lipinski definition) is 0. The van der Waals surface area contributed by atoms with Crippen LogP contribution >= 0.6 is 24.0 Å². The molecule has 1 aliphatic rings. The first-order valence-electron chi connectivity index (χ1n) is 8.61. The molecule has 0 aromatic heterocycles. The highest BCUT2D eigenvalue weighted by atomic mass is 32.2. The van der Waals surface area contributed by atoms with Crippen molar-refractivity contribution < 1.29 is 19.1 Å². The number of carbonyl (C=O) groups excluding carboxylic acids is 2. The fourth-order valence-electron chi connectivity index (χ4n) is 2.64. The number of carbonyl (C=O) groups is 2. The maximum atomic E-state index is 12.6. The lowest BCUT2D eigenvalue weighted by Crippen LogP contribution is -2.42. The van der Waals surface area contributed by atoms with Crippen LogP contribution in [0.15, 0.2) is 59.5 Å². The van der Waals surface area contributed by atoms with E-state index in [-0.39, 0.29) is 5.91 Å². The van der Waals surface area contributed by atoms with Crippen molar-refractivity contribution in [3.8, 4) is 5.75 Å². The normalized spacial score (nSPS) is 16.4. The number of methoxy groups -OCH3 is 1. The van der Waals surface area contributed by atoms with Gasteiger partial charge < -0.3 is 9.47 Å². The molecule has 28 heavy (non-hydrogen) atoms. The molecule has 1 heterocycles. The van der Waals surface area contributed by atoms with Gasteiger partial charge in [-0.05, 0) is 36.3 Å². The Labute approximate surface area is 173 Å². The van der Waals surface area contributed by atoms with Crippen LogP contribution in [0.5, 0.6) is 5.75 Å². The first-order chi connectivity index (χ1) is 13.5. The Morgan fingerprint density at radius 3 is 2.50 bits per heavy atom. The molecular weight excluding hydrogens is 394 g/mol. The molecule has 1 fully saturated rings. The van der Waals surface area contributed by atoms with Gasteiger partial charge in [-0.3, -0.25) is 9.69 Å². The van der Waals surface area contributed by atoms with Crippen LogP contribution in [0.4, 0.5) is 0 Å². The van der Waals surface area contributed by atoms with Crippen LogP contribution in [-0.4, -0.2) is 34.2 Å². The molecule has 5 nitrogen and oxygen atoms in total. The van der Waals surface area contributed by atoms with Gasteiger partial charge in [-0.25, -0.2) is 4.79 Å². The number of nitrogens with zero attached hydrogens (tertiary/aromatic N) is 1. The standard InChI is InChI=1S/C21H19NO4S2/c1-14(20(24)25-2)22-19(23)18(28-21(22)27)12-15-8-10-17(11-9-15)26-13-16-6-4-3-5-7-16/h3-12,14H,13H2,1-2H3/b18-12-/t14-/m1/s1. The van der Waals surface area contributed by atoms with E-state index in [4.69, 9.17) is 21.7 Å². The highest BCUT2D eigenvalue weighted by Crippen LogP contribution is 2.34. The summed E-state index contributed by atoms with van der Waals surface area (Å²) in [5.41, 5.74) is 1.94. The maximum Gasteiger partial charge on any atom is 0.328 e. The lowest BCUT2D eigenvalue weighted by atomic mass is 10.2. The SMILES string of the molecule is COC(=O)[C@@H](C)N1C(=O)/C(=C/c2ccc(OCc3ccccc3)cc2)SC1=S. The Balaban J connectivity index is 1.67. The Hall–Kier alpha value is -2.64. The van der Waals surface area contributed by atoms with Crippen molar-refractivity contribution in [2.45, 2.75) is 19.6 Å². The first-order valence-corrected chi connectivity index (χ1v) is 9.83. The molecule has 1 amide bonds. The topological polar surface area (TPSA) is 55.8 Å². The second-order valence-corrected chi connectivity index (χ2v) is 7.77. The molecule has 0 N–H and O–H groups in total. The summed E-state index contributed by atoms with van der Waals surface area (Å²) in [5.74, 6) is -0.0531. The lowest BCUT2D eigenvalue weighted by Gasteiger charge is -2.20. The van der Waals surface area contributed by atoms with Crippen molar-refractivity contribution in [2.24, 2.45) is 0 Å². The van der Waals surface area contributed by atoms with Gasteiger partial charge >= 0.3 is 5.97 Å². The summed E-state index contributed by atoms with van der Waals surface area (Å²) in [6, 6.07) is 16.6. The number of ether oxygens (including phenoxy) is 2. The van der Waals surface area contributed by atoms with E-state index >= 15 is 0 Å². The molecule has 1 atom stereocenters. The summed E-state index contributed by atoms with van der Waals surface area (Å²) < 4.78 is 10.8. The van der Waals surface area contributed by atoms with Gasteiger partial charge in [0, 0.05) is 0 Å². The van der Waals surface area contributed by atoms with E-state index in [9.17, 15) is 9.59 Å². The Morgan fingerprint density at radius 2 is 1.86 bits per heavy atom. The summed E-state index contributed by atoms with van der Waals surface area (Å²) in [6.45, 7) is 2.09. The molecule has 2 aromatic carbocycles. The molecule has 0 aliphatic carbocycles. The van der Waals surface area contributed by atoms with E-state index in [1.165, 1.54) is 23.8 Å². The minimum Gasteiger partial charge on any atom is -0.489 e. The maximum absolute atomic E-state index is 12.6. The second-order valence-electron chi connectivity index (χ2n) is 6.09. The highest BCUT2D eigenvalue weighted by Gasteiger charge is 2.38. The van der Waals surface area contributed by atoms with Crippen molar-refractivity contribution in [1.82, 2.24) is 4.90 Å². The molecule has 0 radical (unpaired) electrons. The minimum atomic E-state index is -0.753. The predicted octanol–water partition coefficient (Wildman–Crippen LogP) is 4.03. The third kappa shape index (κ3) is 4.61. The van der Waals surface area contributed by atoms with Gasteiger partial charge in [0.2, 0.25) is 0 Å². The molecule has 144 valence electrons. The third-order valence-electron chi connectivity index (χ3n) is 4.18. The number of rotatable bonds is 6. The lowest BCUT2D eigenvalue weighted by molar-refractivity contribution is -0.147. The van der Waals surface area contributed by atoms with Crippen LogP contribution in [0.3, 0.4) is 0 Å². The van der Waals surface area contributed by atoms with E-state index in [0.717, 1.165) is 16.9 Å². The fourth-order valence-corrected chi connectivity index (χ4v) is 4.06.